The van der Waals surface area contributed by atoms with Crippen molar-refractivity contribution in [1.29, 1.82) is 0 Å². The highest BCUT2D eigenvalue weighted by Gasteiger charge is 2.14. The molecule has 1 heterocycles. The second-order valence-electron chi connectivity index (χ2n) is 3.92. The molecule has 0 saturated heterocycles. The van der Waals surface area contributed by atoms with E-state index in [-0.39, 0.29) is 17.6 Å². The summed E-state index contributed by atoms with van der Waals surface area (Å²) in [5.74, 6) is -0.274. The lowest BCUT2D eigenvalue weighted by atomic mass is 10.1. The lowest BCUT2D eigenvalue weighted by Crippen LogP contribution is -2.21. The third kappa shape index (κ3) is 4.24. The van der Waals surface area contributed by atoms with E-state index in [1.54, 1.807) is 5.38 Å². The summed E-state index contributed by atoms with van der Waals surface area (Å²) in [6.07, 6.45) is 1.58. The Balaban J connectivity index is 2.52. The number of thiazole rings is 1. The van der Waals surface area contributed by atoms with Crippen LogP contribution in [0, 0.1) is 5.92 Å². The van der Waals surface area contributed by atoms with Crippen LogP contribution in [0.1, 0.15) is 37.2 Å². The number of nitrogens with two attached hydrogens (primary N) is 1. The first kappa shape index (κ1) is 13.8. The number of nitrogens with one attached hydrogen (secondary N) is 1. The van der Waals surface area contributed by atoms with Crippen molar-refractivity contribution in [3.63, 3.8) is 0 Å². The van der Waals surface area contributed by atoms with Crippen LogP contribution in [0.2, 0.25) is 0 Å². The second-order valence-corrected chi connectivity index (χ2v) is 4.77. The molecule has 0 bridgehead atoms. The minimum Gasteiger partial charge on any atom is -0.330 e. The Bertz CT molecular complexity index is 403. The first-order valence-electron chi connectivity index (χ1n) is 5.52. The largest absolute Gasteiger partial charge is 0.330 e. The van der Waals surface area contributed by atoms with Gasteiger partial charge in [0.15, 0.2) is 10.9 Å². The van der Waals surface area contributed by atoms with E-state index in [4.69, 9.17) is 5.73 Å². The standard InChI is InChI=1S/C11H17N3O2S/c1-7(4-3-5-12)10(16)14-11-13-9(6-17-11)8(2)15/h6-7H,3-5,12H2,1-2H3,(H,13,14,16). The smallest absolute Gasteiger partial charge is 0.228 e. The molecule has 0 spiro atoms. The fraction of sp³-hybridized carbons (Fsp3) is 0.545. The van der Waals surface area contributed by atoms with Gasteiger partial charge >= 0.3 is 0 Å². The van der Waals surface area contributed by atoms with E-state index in [0.29, 0.717) is 17.4 Å². The minimum atomic E-state index is -0.0991. The molecule has 6 heteroatoms. The van der Waals surface area contributed by atoms with E-state index in [1.807, 2.05) is 6.92 Å². The molecular weight excluding hydrogens is 238 g/mol. The number of aromatic nitrogens is 1. The van der Waals surface area contributed by atoms with E-state index in [9.17, 15) is 9.59 Å². The van der Waals surface area contributed by atoms with Gasteiger partial charge in [-0.25, -0.2) is 4.98 Å². The topological polar surface area (TPSA) is 85.1 Å². The highest BCUT2D eigenvalue weighted by molar-refractivity contribution is 7.14. The van der Waals surface area contributed by atoms with Crippen molar-refractivity contribution in [2.45, 2.75) is 26.7 Å². The van der Waals surface area contributed by atoms with E-state index >= 15 is 0 Å². The molecule has 5 nitrogen and oxygen atoms in total. The van der Waals surface area contributed by atoms with Crippen LogP contribution in [0.4, 0.5) is 5.13 Å². The van der Waals surface area contributed by atoms with E-state index < -0.39 is 0 Å². The molecule has 0 radical (unpaired) electrons. The molecule has 1 amide bonds. The first-order chi connectivity index (χ1) is 8.04. The number of nitrogens with zero attached hydrogens (tertiary/aromatic N) is 1. The van der Waals surface area contributed by atoms with Gasteiger partial charge in [-0.3, -0.25) is 9.59 Å². The normalized spacial score (nSPS) is 12.2. The lowest BCUT2D eigenvalue weighted by molar-refractivity contribution is -0.119. The maximum absolute atomic E-state index is 11.7. The molecule has 17 heavy (non-hydrogen) atoms. The van der Waals surface area contributed by atoms with Crippen molar-refractivity contribution in [2.24, 2.45) is 11.7 Å². The van der Waals surface area contributed by atoms with E-state index in [1.165, 1.54) is 18.3 Å². The molecule has 1 aromatic heterocycles. The molecule has 0 aliphatic rings. The van der Waals surface area contributed by atoms with Gasteiger partial charge in [-0.1, -0.05) is 6.92 Å². The van der Waals surface area contributed by atoms with Crippen LogP contribution >= 0.6 is 11.3 Å². The first-order valence-corrected chi connectivity index (χ1v) is 6.40. The summed E-state index contributed by atoms with van der Waals surface area (Å²) < 4.78 is 0. The van der Waals surface area contributed by atoms with Crippen LogP contribution in [0.5, 0.6) is 0 Å². The average molecular weight is 255 g/mol. The SMILES string of the molecule is CC(=O)c1csc(NC(=O)C(C)CCCN)n1. The van der Waals surface area contributed by atoms with E-state index in [0.717, 1.165) is 12.8 Å². The molecule has 3 N–H and O–H groups in total. The van der Waals surface area contributed by atoms with Gasteiger partial charge in [0.25, 0.3) is 0 Å². The molecule has 0 aliphatic heterocycles. The van der Waals surface area contributed by atoms with Gasteiger partial charge in [0, 0.05) is 18.2 Å². The summed E-state index contributed by atoms with van der Waals surface area (Å²) in [7, 11) is 0. The highest BCUT2D eigenvalue weighted by Crippen LogP contribution is 2.17. The molecule has 0 saturated carbocycles. The summed E-state index contributed by atoms with van der Waals surface area (Å²) >= 11 is 1.26. The van der Waals surface area contributed by atoms with Gasteiger partial charge < -0.3 is 11.1 Å². The Morgan fingerprint density at radius 3 is 2.82 bits per heavy atom. The summed E-state index contributed by atoms with van der Waals surface area (Å²) in [5.41, 5.74) is 5.78. The van der Waals surface area contributed by atoms with Crippen molar-refractivity contribution in [3.05, 3.63) is 11.1 Å². The van der Waals surface area contributed by atoms with Crippen molar-refractivity contribution < 1.29 is 9.59 Å². The molecule has 1 atom stereocenters. The van der Waals surface area contributed by atoms with Gasteiger partial charge in [-0.2, -0.15) is 0 Å². The number of rotatable bonds is 6. The van der Waals surface area contributed by atoms with Crippen molar-refractivity contribution in [1.82, 2.24) is 4.98 Å². The predicted molar refractivity (Wildman–Crippen MR) is 68.2 cm³/mol. The van der Waals surface area contributed by atoms with Gasteiger partial charge in [0.05, 0.1) is 0 Å². The zero-order chi connectivity index (χ0) is 12.8. The summed E-state index contributed by atoms with van der Waals surface area (Å²) in [6, 6.07) is 0. The summed E-state index contributed by atoms with van der Waals surface area (Å²) in [6.45, 7) is 3.89. The predicted octanol–water partition coefficient (Wildman–Crippen LogP) is 1.66. The fourth-order valence-corrected chi connectivity index (χ4v) is 2.03. The van der Waals surface area contributed by atoms with Crippen LogP contribution in [0.3, 0.4) is 0 Å². The molecule has 0 aromatic carbocycles. The minimum absolute atomic E-state index is 0.0806. The Hall–Kier alpha value is -1.27. The third-order valence-corrected chi connectivity index (χ3v) is 3.14. The Morgan fingerprint density at radius 2 is 2.29 bits per heavy atom. The maximum atomic E-state index is 11.7. The number of hydrogen-bond donors (Lipinski definition) is 2. The summed E-state index contributed by atoms with van der Waals surface area (Å²) in [5, 5.41) is 4.81. The second kappa shape index (κ2) is 6.46. The molecule has 94 valence electrons. The number of anilines is 1. The number of carbonyl (C=O) groups is 2. The Morgan fingerprint density at radius 1 is 1.59 bits per heavy atom. The van der Waals surface area contributed by atoms with E-state index in [2.05, 4.69) is 10.3 Å². The van der Waals surface area contributed by atoms with Crippen LogP contribution in [0.15, 0.2) is 5.38 Å². The Kier molecular flexibility index (Phi) is 5.24. The number of amides is 1. The highest BCUT2D eigenvalue weighted by atomic mass is 32.1. The number of Topliss-reactive ketones (excluding diaryl/α,β-unsaturated/α-hetero) is 1. The summed E-state index contributed by atoms with van der Waals surface area (Å²) in [4.78, 5) is 26.8. The molecule has 1 aromatic rings. The van der Waals surface area contributed by atoms with Crippen molar-refractivity contribution >= 4 is 28.2 Å². The van der Waals surface area contributed by atoms with Crippen LogP contribution in [-0.4, -0.2) is 23.2 Å². The number of carbonyl (C=O) groups excluding carboxylic acids is 2. The van der Waals surface area contributed by atoms with Crippen LogP contribution < -0.4 is 11.1 Å². The number of ketones is 1. The zero-order valence-corrected chi connectivity index (χ0v) is 10.8. The van der Waals surface area contributed by atoms with Crippen molar-refractivity contribution in [3.8, 4) is 0 Å². The van der Waals surface area contributed by atoms with Gasteiger partial charge in [0.1, 0.15) is 5.69 Å². The van der Waals surface area contributed by atoms with Gasteiger partial charge in [0.2, 0.25) is 5.91 Å². The number of hydrogen-bond acceptors (Lipinski definition) is 5. The third-order valence-electron chi connectivity index (χ3n) is 2.38. The monoisotopic (exact) mass is 255 g/mol. The molecule has 0 fully saturated rings. The molecular formula is C11H17N3O2S. The van der Waals surface area contributed by atoms with Gasteiger partial charge in [-0.15, -0.1) is 11.3 Å². The fourth-order valence-electron chi connectivity index (χ4n) is 1.28. The molecule has 1 rings (SSSR count). The molecule has 0 aliphatic carbocycles. The van der Waals surface area contributed by atoms with Gasteiger partial charge in [-0.05, 0) is 19.4 Å². The quantitative estimate of drug-likeness (QED) is 0.757. The van der Waals surface area contributed by atoms with Crippen LogP contribution in [-0.2, 0) is 4.79 Å². The van der Waals surface area contributed by atoms with Crippen molar-refractivity contribution in [2.75, 3.05) is 11.9 Å². The van der Waals surface area contributed by atoms with Crippen LogP contribution in [0.25, 0.3) is 0 Å². The zero-order valence-electron chi connectivity index (χ0n) is 10.0. The maximum Gasteiger partial charge on any atom is 0.228 e. The Labute approximate surface area is 104 Å². The molecule has 1 unspecified atom stereocenters. The average Bonchev–Trinajstić information content (AvgIpc) is 2.74. The lowest BCUT2D eigenvalue weighted by Gasteiger charge is -2.09.